The summed E-state index contributed by atoms with van der Waals surface area (Å²) in [5.41, 5.74) is 0.960. The smallest absolute Gasteiger partial charge is 0.308 e. The Morgan fingerprint density at radius 3 is 2.45 bits per heavy atom. The van der Waals surface area contributed by atoms with E-state index in [0.717, 1.165) is 31.5 Å². The van der Waals surface area contributed by atoms with E-state index in [2.05, 4.69) is 11.8 Å². The Morgan fingerprint density at radius 1 is 1.23 bits per heavy atom. The molecule has 1 unspecified atom stereocenters. The molecule has 0 aliphatic heterocycles. The molecule has 0 amide bonds. The molecule has 0 fully saturated rings. The number of carbonyl (C=O) groups is 1. The van der Waals surface area contributed by atoms with Crippen LogP contribution in [0.15, 0.2) is 18.2 Å². The number of hydrogen-bond acceptors (Lipinski definition) is 4. The summed E-state index contributed by atoms with van der Waals surface area (Å²) in [5, 5.41) is 9.16. The Bertz CT molecular complexity index is 476. The van der Waals surface area contributed by atoms with Crippen molar-refractivity contribution in [1.82, 2.24) is 0 Å². The molecule has 1 rings (SSSR count). The molecule has 1 aromatic rings. The third-order valence-electron chi connectivity index (χ3n) is 3.68. The third-order valence-corrected chi connectivity index (χ3v) is 3.68. The van der Waals surface area contributed by atoms with Crippen molar-refractivity contribution in [2.24, 2.45) is 5.92 Å². The Kier molecular flexibility index (Phi) is 7.57. The van der Waals surface area contributed by atoms with E-state index in [1.165, 1.54) is 0 Å². The molecule has 0 aliphatic rings. The van der Waals surface area contributed by atoms with Crippen molar-refractivity contribution in [3.05, 3.63) is 18.2 Å². The molecule has 1 aromatic carbocycles. The van der Waals surface area contributed by atoms with Gasteiger partial charge in [0.15, 0.2) is 11.5 Å². The summed E-state index contributed by atoms with van der Waals surface area (Å²) in [6, 6.07) is 5.70. The van der Waals surface area contributed by atoms with Crippen LogP contribution in [0.3, 0.4) is 0 Å². The standard InChI is InChI=1S/C17H27NO4/c1-5-6-7-10-18(12-13(2)17(19)20)14-8-9-15(21-3)16(11-14)22-4/h8-9,11,13H,5-7,10,12H2,1-4H3,(H,19,20). The van der Waals surface area contributed by atoms with E-state index < -0.39 is 11.9 Å². The van der Waals surface area contributed by atoms with Crippen LogP contribution in [0.1, 0.15) is 33.1 Å². The number of hydrogen-bond donors (Lipinski definition) is 1. The van der Waals surface area contributed by atoms with Crippen LogP contribution in [-0.4, -0.2) is 38.4 Å². The average molecular weight is 309 g/mol. The number of benzene rings is 1. The Balaban J connectivity index is 2.95. The van der Waals surface area contributed by atoms with Crippen LogP contribution in [0, 0.1) is 5.92 Å². The second-order valence-corrected chi connectivity index (χ2v) is 5.43. The Labute approximate surface area is 132 Å². The predicted octanol–water partition coefficient (Wildman–Crippen LogP) is 3.42. The molecule has 0 saturated carbocycles. The third kappa shape index (κ3) is 5.13. The first-order valence-corrected chi connectivity index (χ1v) is 7.73. The van der Waals surface area contributed by atoms with Gasteiger partial charge in [-0.3, -0.25) is 4.79 Å². The SMILES string of the molecule is CCCCCN(CC(C)C(=O)O)c1ccc(OC)c(OC)c1. The fraction of sp³-hybridized carbons (Fsp3) is 0.588. The van der Waals surface area contributed by atoms with Crippen LogP contribution < -0.4 is 14.4 Å². The summed E-state index contributed by atoms with van der Waals surface area (Å²) in [6.45, 7) is 5.20. The lowest BCUT2D eigenvalue weighted by molar-refractivity contribution is -0.140. The second-order valence-electron chi connectivity index (χ2n) is 5.43. The molecule has 1 N–H and O–H groups in total. The van der Waals surface area contributed by atoms with Gasteiger partial charge in [0, 0.05) is 24.8 Å². The average Bonchev–Trinajstić information content (AvgIpc) is 2.53. The van der Waals surface area contributed by atoms with Gasteiger partial charge in [-0.25, -0.2) is 0 Å². The molecule has 5 nitrogen and oxygen atoms in total. The Hall–Kier alpha value is -1.91. The molecule has 0 saturated heterocycles. The first-order chi connectivity index (χ1) is 10.5. The number of aliphatic carboxylic acids is 1. The maximum absolute atomic E-state index is 11.1. The first-order valence-electron chi connectivity index (χ1n) is 7.73. The monoisotopic (exact) mass is 309 g/mol. The molecule has 124 valence electrons. The summed E-state index contributed by atoms with van der Waals surface area (Å²) in [4.78, 5) is 13.3. The zero-order valence-electron chi connectivity index (χ0n) is 14.0. The minimum Gasteiger partial charge on any atom is -0.493 e. The van der Waals surface area contributed by atoms with Crippen molar-refractivity contribution in [1.29, 1.82) is 0 Å². The van der Waals surface area contributed by atoms with Crippen molar-refractivity contribution < 1.29 is 19.4 Å². The van der Waals surface area contributed by atoms with Gasteiger partial charge in [-0.1, -0.05) is 26.7 Å². The van der Waals surface area contributed by atoms with Gasteiger partial charge >= 0.3 is 5.97 Å². The number of carboxylic acids is 1. The molecule has 0 spiro atoms. The van der Waals surface area contributed by atoms with Crippen molar-refractivity contribution in [2.75, 3.05) is 32.2 Å². The van der Waals surface area contributed by atoms with Gasteiger partial charge < -0.3 is 19.5 Å². The minimum atomic E-state index is -0.777. The van der Waals surface area contributed by atoms with Gasteiger partial charge in [0.25, 0.3) is 0 Å². The van der Waals surface area contributed by atoms with Crippen molar-refractivity contribution in [3.63, 3.8) is 0 Å². The number of methoxy groups -OCH3 is 2. The van der Waals surface area contributed by atoms with Crippen molar-refractivity contribution in [3.8, 4) is 11.5 Å². The lowest BCUT2D eigenvalue weighted by Gasteiger charge is -2.27. The zero-order chi connectivity index (χ0) is 16.5. The molecule has 0 aliphatic carbocycles. The number of rotatable bonds is 10. The number of anilines is 1. The fourth-order valence-corrected chi connectivity index (χ4v) is 2.31. The van der Waals surface area contributed by atoms with E-state index in [4.69, 9.17) is 14.6 Å². The second kappa shape index (κ2) is 9.18. The first kappa shape index (κ1) is 18.1. The maximum atomic E-state index is 11.1. The Morgan fingerprint density at radius 2 is 1.91 bits per heavy atom. The molecule has 0 bridgehead atoms. The van der Waals surface area contributed by atoms with E-state index >= 15 is 0 Å². The number of unbranched alkanes of at least 4 members (excludes halogenated alkanes) is 2. The van der Waals surface area contributed by atoms with E-state index in [1.54, 1.807) is 21.1 Å². The maximum Gasteiger partial charge on any atom is 0.308 e. The molecular weight excluding hydrogens is 282 g/mol. The molecule has 0 heterocycles. The normalized spacial score (nSPS) is 11.8. The zero-order valence-corrected chi connectivity index (χ0v) is 14.0. The van der Waals surface area contributed by atoms with E-state index in [9.17, 15) is 4.79 Å². The van der Waals surface area contributed by atoms with Crippen LogP contribution in [0.25, 0.3) is 0 Å². The van der Waals surface area contributed by atoms with Gasteiger partial charge in [0.2, 0.25) is 0 Å². The lowest BCUT2D eigenvalue weighted by atomic mass is 10.1. The molecule has 0 radical (unpaired) electrons. The van der Waals surface area contributed by atoms with Crippen LogP contribution in [0.2, 0.25) is 0 Å². The van der Waals surface area contributed by atoms with Gasteiger partial charge in [0.05, 0.1) is 20.1 Å². The predicted molar refractivity (Wildman–Crippen MR) is 88.1 cm³/mol. The highest BCUT2D eigenvalue weighted by Crippen LogP contribution is 2.32. The topological polar surface area (TPSA) is 59.0 Å². The molecule has 0 aromatic heterocycles. The summed E-state index contributed by atoms with van der Waals surface area (Å²) >= 11 is 0. The molecule has 1 atom stereocenters. The van der Waals surface area contributed by atoms with E-state index in [1.807, 2.05) is 18.2 Å². The van der Waals surface area contributed by atoms with Gasteiger partial charge in [-0.2, -0.15) is 0 Å². The van der Waals surface area contributed by atoms with Gasteiger partial charge in [0.1, 0.15) is 0 Å². The van der Waals surface area contributed by atoms with Crippen LogP contribution >= 0.6 is 0 Å². The molecule has 22 heavy (non-hydrogen) atoms. The number of nitrogens with zero attached hydrogens (tertiary/aromatic N) is 1. The summed E-state index contributed by atoms with van der Waals surface area (Å²) in [6.07, 6.45) is 3.30. The van der Waals surface area contributed by atoms with Crippen LogP contribution in [0.4, 0.5) is 5.69 Å². The van der Waals surface area contributed by atoms with Crippen LogP contribution in [-0.2, 0) is 4.79 Å². The summed E-state index contributed by atoms with van der Waals surface area (Å²) in [7, 11) is 3.20. The van der Waals surface area contributed by atoms with Crippen LogP contribution in [0.5, 0.6) is 11.5 Å². The van der Waals surface area contributed by atoms with E-state index in [-0.39, 0.29) is 0 Å². The summed E-state index contributed by atoms with van der Waals surface area (Å²) in [5.74, 6) is 0.130. The highest BCUT2D eigenvalue weighted by molar-refractivity contribution is 5.70. The number of ether oxygens (including phenoxy) is 2. The van der Waals surface area contributed by atoms with E-state index in [0.29, 0.717) is 18.0 Å². The molecule has 5 heteroatoms. The minimum absolute atomic E-state index is 0.422. The highest BCUT2D eigenvalue weighted by Gasteiger charge is 2.17. The molecular formula is C17H27NO4. The largest absolute Gasteiger partial charge is 0.493 e. The van der Waals surface area contributed by atoms with Crippen molar-refractivity contribution in [2.45, 2.75) is 33.1 Å². The van der Waals surface area contributed by atoms with Gasteiger partial charge in [-0.15, -0.1) is 0 Å². The fourth-order valence-electron chi connectivity index (χ4n) is 2.31. The van der Waals surface area contributed by atoms with Gasteiger partial charge in [-0.05, 0) is 18.6 Å². The summed E-state index contributed by atoms with van der Waals surface area (Å²) < 4.78 is 10.6. The highest BCUT2D eigenvalue weighted by atomic mass is 16.5. The quantitative estimate of drug-likeness (QED) is 0.671. The van der Waals surface area contributed by atoms with Crippen molar-refractivity contribution >= 4 is 11.7 Å². The lowest BCUT2D eigenvalue weighted by Crippen LogP contribution is -2.32. The number of carboxylic acid groups (broad SMARTS) is 1.